The molecule has 0 aliphatic carbocycles. The Balaban J connectivity index is 1.72. The van der Waals surface area contributed by atoms with Gasteiger partial charge in [-0.2, -0.15) is 0 Å². The Morgan fingerprint density at radius 1 is 1.04 bits per heavy atom. The van der Waals surface area contributed by atoms with Crippen LogP contribution in [0.15, 0.2) is 30.3 Å². The fourth-order valence-electron chi connectivity index (χ4n) is 3.06. The van der Waals surface area contributed by atoms with Gasteiger partial charge < -0.3 is 16.0 Å². The molecule has 2 rings (SSSR count). The molecule has 1 aromatic carbocycles. The van der Waals surface area contributed by atoms with Crippen molar-refractivity contribution < 1.29 is 14.4 Å². The van der Waals surface area contributed by atoms with Crippen molar-refractivity contribution in [2.45, 2.75) is 38.8 Å². The van der Waals surface area contributed by atoms with E-state index in [9.17, 15) is 14.4 Å². The molecular weight excluding hydrogens is 332 g/mol. The van der Waals surface area contributed by atoms with Crippen LogP contribution in [0.3, 0.4) is 0 Å². The van der Waals surface area contributed by atoms with E-state index < -0.39 is 0 Å². The lowest BCUT2D eigenvalue weighted by atomic mass is 10.1. The lowest BCUT2D eigenvalue weighted by molar-refractivity contribution is -0.136. The number of carbonyl (C=O) groups is 3. The number of hydrogen-bond donors (Lipinski definition) is 2. The quantitative estimate of drug-likeness (QED) is 0.747. The molecule has 0 unspecified atom stereocenters. The number of amides is 3. The van der Waals surface area contributed by atoms with Gasteiger partial charge in [-0.1, -0.05) is 30.3 Å². The van der Waals surface area contributed by atoms with Crippen LogP contribution in [0.2, 0.25) is 0 Å². The molecule has 26 heavy (non-hydrogen) atoms. The second-order valence-corrected chi connectivity index (χ2v) is 6.69. The van der Waals surface area contributed by atoms with Crippen molar-refractivity contribution in [3.8, 4) is 0 Å². The van der Waals surface area contributed by atoms with Crippen molar-refractivity contribution >= 4 is 17.7 Å². The Bertz CT molecular complexity index is 627. The third-order valence-electron chi connectivity index (χ3n) is 4.87. The van der Waals surface area contributed by atoms with Gasteiger partial charge in [-0.15, -0.1) is 0 Å². The minimum absolute atomic E-state index is 0.0288. The second kappa shape index (κ2) is 9.33. The van der Waals surface area contributed by atoms with Crippen LogP contribution in [0.25, 0.3) is 0 Å². The molecule has 0 aromatic heterocycles. The zero-order valence-corrected chi connectivity index (χ0v) is 15.5. The SMILES string of the molecule is C[C@H](NC(=O)CCC(=O)N1CCN([C@H](C)C(N)=O)CC1)c1ccccc1. The monoisotopic (exact) mass is 360 g/mol. The number of benzene rings is 1. The maximum absolute atomic E-state index is 12.3. The molecule has 1 heterocycles. The summed E-state index contributed by atoms with van der Waals surface area (Å²) in [4.78, 5) is 39.4. The van der Waals surface area contributed by atoms with Gasteiger partial charge in [-0.3, -0.25) is 19.3 Å². The van der Waals surface area contributed by atoms with E-state index in [1.54, 1.807) is 11.8 Å². The van der Waals surface area contributed by atoms with Crippen LogP contribution in [0, 0.1) is 0 Å². The topological polar surface area (TPSA) is 95.7 Å². The molecule has 7 nitrogen and oxygen atoms in total. The van der Waals surface area contributed by atoms with E-state index in [-0.39, 0.29) is 42.6 Å². The summed E-state index contributed by atoms with van der Waals surface area (Å²) in [5.74, 6) is -0.511. The van der Waals surface area contributed by atoms with Crippen molar-refractivity contribution in [3.05, 3.63) is 35.9 Å². The zero-order valence-electron chi connectivity index (χ0n) is 15.5. The maximum atomic E-state index is 12.3. The first-order valence-electron chi connectivity index (χ1n) is 9.04. The first-order valence-corrected chi connectivity index (χ1v) is 9.04. The lowest BCUT2D eigenvalue weighted by Gasteiger charge is -2.37. The summed E-state index contributed by atoms with van der Waals surface area (Å²) in [6, 6.07) is 9.31. The molecule has 2 atom stereocenters. The van der Waals surface area contributed by atoms with E-state index >= 15 is 0 Å². The lowest BCUT2D eigenvalue weighted by Crippen LogP contribution is -2.54. The van der Waals surface area contributed by atoms with Gasteiger partial charge >= 0.3 is 0 Å². The molecule has 3 amide bonds. The molecular formula is C19H28N4O3. The number of hydrogen-bond acceptors (Lipinski definition) is 4. The highest BCUT2D eigenvalue weighted by molar-refractivity contribution is 5.84. The average Bonchev–Trinajstić information content (AvgIpc) is 2.66. The Morgan fingerprint density at radius 2 is 1.65 bits per heavy atom. The highest BCUT2D eigenvalue weighted by Gasteiger charge is 2.26. The molecule has 1 aromatic rings. The van der Waals surface area contributed by atoms with Crippen LogP contribution >= 0.6 is 0 Å². The Labute approximate surface area is 154 Å². The van der Waals surface area contributed by atoms with Crippen LogP contribution in [0.1, 0.15) is 38.3 Å². The van der Waals surface area contributed by atoms with Gasteiger partial charge in [0.2, 0.25) is 17.7 Å². The van der Waals surface area contributed by atoms with Crippen LogP contribution in [0.5, 0.6) is 0 Å². The molecule has 142 valence electrons. The first kappa shape index (κ1) is 19.9. The van der Waals surface area contributed by atoms with Crippen molar-refractivity contribution in [1.82, 2.24) is 15.1 Å². The van der Waals surface area contributed by atoms with Crippen LogP contribution in [-0.2, 0) is 14.4 Å². The Morgan fingerprint density at radius 3 is 2.23 bits per heavy atom. The normalized spacial score (nSPS) is 17.4. The highest BCUT2D eigenvalue weighted by atomic mass is 16.2. The average molecular weight is 360 g/mol. The summed E-state index contributed by atoms with van der Waals surface area (Å²) in [5, 5.41) is 2.92. The molecule has 3 N–H and O–H groups in total. The maximum Gasteiger partial charge on any atom is 0.234 e. The van der Waals surface area contributed by atoms with Crippen molar-refractivity contribution in [2.75, 3.05) is 26.2 Å². The van der Waals surface area contributed by atoms with Gasteiger partial charge in [0, 0.05) is 39.0 Å². The van der Waals surface area contributed by atoms with Gasteiger partial charge in [0.05, 0.1) is 12.1 Å². The molecule has 1 aliphatic rings. The summed E-state index contributed by atoms with van der Waals surface area (Å²) in [7, 11) is 0. The van der Waals surface area contributed by atoms with E-state index in [1.165, 1.54) is 0 Å². The molecule has 1 fully saturated rings. The highest BCUT2D eigenvalue weighted by Crippen LogP contribution is 2.12. The predicted molar refractivity (Wildman–Crippen MR) is 99.0 cm³/mol. The van der Waals surface area contributed by atoms with Crippen LogP contribution < -0.4 is 11.1 Å². The van der Waals surface area contributed by atoms with Crippen LogP contribution in [0.4, 0.5) is 0 Å². The smallest absolute Gasteiger partial charge is 0.234 e. The van der Waals surface area contributed by atoms with E-state index in [4.69, 9.17) is 5.73 Å². The number of piperazine rings is 1. The fraction of sp³-hybridized carbons (Fsp3) is 0.526. The Hall–Kier alpha value is -2.41. The molecule has 0 spiro atoms. The number of rotatable bonds is 7. The van der Waals surface area contributed by atoms with Gasteiger partial charge in [0.15, 0.2) is 0 Å². The minimum atomic E-state index is -0.353. The Kier molecular flexibility index (Phi) is 7.15. The summed E-state index contributed by atoms with van der Waals surface area (Å²) in [5.41, 5.74) is 6.35. The van der Waals surface area contributed by atoms with Crippen LogP contribution in [-0.4, -0.2) is 59.7 Å². The number of carbonyl (C=O) groups excluding carboxylic acids is 3. The van der Waals surface area contributed by atoms with Gasteiger partial charge in [-0.05, 0) is 19.4 Å². The number of nitrogens with zero attached hydrogens (tertiary/aromatic N) is 2. The summed E-state index contributed by atoms with van der Waals surface area (Å²) in [6.07, 6.45) is 0.368. The molecule has 1 aliphatic heterocycles. The zero-order chi connectivity index (χ0) is 19.1. The minimum Gasteiger partial charge on any atom is -0.368 e. The third kappa shape index (κ3) is 5.56. The molecule has 7 heteroatoms. The number of nitrogens with one attached hydrogen (secondary N) is 1. The summed E-state index contributed by atoms with van der Waals surface area (Å²) in [6.45, 7) is 6.05. The molecule has 0 bridgehead atoms. The van der Waals surface area contributed by atoms with Crippen molar-refractivity contribution in [2.24, 2.45) is 5.73 Å². The largest absolute Gasteiger partial charge is 0.368 e. The van der Waals surface area contributed by atoms with Crippen molar-refractivity contribution in [1.29, 1.82) is 0 Å². The molecule has 0 saturated carbocycles. The molecule has 1 saturated heterocycles. The van der Waals surface area contributed by atoms with Gasteiger partial charge in [0.1, 0.15) is 0 Å². The third-order valence-corrected chi connectivity index (χ3v) is 4.87. The second-order valence-electron chi connectivity index (χ2n) is 6.69. The van der Waals surface area contributed by atoms with E-state index in [2.05, 4.69) is 5.32 Å². The van der Waals surface area contributed by atoms with Crippen molar-refractivity contribution in [3.63, 3.8) is 0 Å². The number of primary amides is 1. The van der Waals surface area contributed by atoms with E-state index in [1.807, 2.05) is 42.2 Å². The van der Waals surface area contributed by atoms with E-state index in [0.717, 1.165) is 5.56 Å². The number of nitrogens with two attached hydrogens (primary N) is 1. The predicted octanol–water partition coefficient (Wildman–Crippen LogP) is 0.662. The molecule has 0 radical (unpaired) electrons. The summed E-state index contributed by atoms with van der Waals surface area (Å²) < 4.78 is 0. The first-order chi connectivity index (χ1) is 12.4. The van der Waals surface area contributed by atoms with Gasteiger partial charge in [0.25, 0.3) is 0 Å². The van der Waals surface area contributed by atoms with E-state index in [0.29, 0.717) is 26.2 Å². The van der Waals surface area contributed by atoms with Gasteiger partial charge in [-0.25, -0.2) is 0 Å². The summed E-state index contributed by atoms with van der Waals surface area (Å²) >= 11 is 0. The fourth-order valence-corrected chi connectivity index (χ4v) is 3.06. The standard InChI is InChI=1S/C19H28N4O3/c1-14(16-6-4-3-5-7-16)21-17(24)8-9-18(25)23-12-10-22(11-13-23)15(2)19(20)26/h3-7,14-15H,8-13H2,1-2H3,(H2,20,26)(H,21,24)/t14-,15+/m0/s1.